The van der Waals surface area contributed by atoms with Gasteiger partial charge in [0, 0.05) is 13.0 Å². The fourth-order valence-electron chi connectivity index (χ4n) is 4.01. The van der Waals surface area contributed by atoms with E-state index in [2.05, 4.69) is 53.8 Å². The summed E-state index contributed by atoms with van der Waals surface area (Å²) in [4.78, 5) is 22.4. The molecular weight excluding hydrogens is 356 g/mol. The van der Waals surface area contributed by atoms with Crippen LogP contribution in [0.2, 0.25) is 0 Å². The molecular formula is C22H44N2O4. The molecule has 28 heavy (non-hydrogen) atoms. The highest BCUT2D eigenvalue weighted by atomic mass is 16.5. The van der Waals surface area contributed by atoms with Gasteiger partial charge in [0.25, 0.3) is 0 Å². The van der Waals surface area contributed by atoms with E-state index in [1.54, 1.807) is 0 Å². The number of nitrogens with one attached hydrogen (secondary N) is 1. The number of ether oxygens (including phenoxy) is 1. The van der Waals surface area contributed by atoms with Crippen molar-refractivity contribution < 1.29 is 19.4 Å². The topological polar surface area (TPSA) is 102 Å². The van der Waals surface area contributed by atoms with Crippen molar-refractivity contribution in [1.82, 2.24) is 5.32 Å². The number of amides is 2. The molecule has 0 heterocycles. The monoisotopic (exact) mass is 400 g/mol. The van der Waals surface area contributed by atoms with Gasteiger partial charge in [-0.25, -0.2) is 0 Å². The maximum atomic E-state index is 11.7. The molecule has 0 aromatic heterocycles. The summed E-state index contributed by atoms with van der Waals surface area (Å²) in [5, 5.41) is 13.5. The van der Waals surface area contributed by atoms with Crippen LogP contribution in [0.1, 0.15) is 88.0 Å². The molecule has 1 unspecified atom stereocenters. The summed E-state index contributed by atoms with van der Waals surface area (Å²) >= 11 is 0. The molecule has 4 N–H and O–H groups in total. The quantitative estimate of drug-likeness (QED) is 0.467. The number of nitrogens with two attached hydrogens (primary N) is 1. The first-order valence-corrected chi connectivity index (χ1v) is 10.3. The zero-order valence-corrected chi connectivity index (χ0v) is 19.6. The Morgan fingerprint density at radius 2 is 1.50 bits per heavy atom. The van der Waals surface area contributed by atoms with Crippen LogP contribution < -0.4 is 11.1 Å². The molecule has 0 aromatic carbocycles. The molecule has 0 radical (unpaired) electrons. The van der Waals surface area contributed by atoms with E-state index in [9.17, 15) is 14.7 Å². The third-order valence-corrected chi connectivity index (χ3v) is 5.12. The van der Waals surface area contributed by atoms with Crippen LogP contribution in [0, 0.1) is 16.2 Å². The maximum Gasteiger partial charge on any atom is 0.236 e. The zero-order valence-electron chi connectivity index (χ0n) is 19.6. The van der Waals surface area contributed by atoms with Gasteiger partial charge in [0.05, 0.1) is 18.2 Å². The number of hydrogen-bond acceptors (Lipinski definition) is 4. The lowest BCUT2D eigenvalue weighted by Crippen LogP contribution is -2.44. The summed E-state index contributed by atoms with van der Waals surface area (Å²) in [5.74, 6) is -0.769. The predicted octanol–water partition coefficient (Wildman–Crippen LogP) is 3.40. The van der Waals surface area contributed by atoms with E-state index in [1.165, 1.54) is 0 Å². The van der Waals surface area contributed by atoms with Gasteiger partial charge in [-0.05, 0) is 49.4 Å². The van der Waals surface area contributed by atoms with E-state index in [4.69, 9.17) is 10.5 Å². The first-order chi connectivity index (χ1) is 12.4. The maximum absolute atomic E-state index is 11.7. The molecule has 0 bridgehead atoms. The van der Waals surface area contributed by atoms with Gasteiger partial charge in [-0.15, -0.1) is 0 Å². The van der Waals surface area contributed by atoms with Crippen molar-refractivity contribution in [2.45, 2.75) is 99.7 Å². The van der Waals surface area contributed by atoms with Crippen LogP contribution in [0.4, 0.5) is 0 Å². The van der Waals surface area contributed by atoms with Crippen LogP contribution in [-0.4, -0.2) is 41.8 Å². The van der Waals surface area contributed by atoms with Crippen LogP contribution in [0.15, 0.2) is 0 Å². The number of aliphatic hydroxyl groups is 1. The molecule has 6 nitrogen and oxygen atoms in total. The molecule has 0 aliphatic carbocycles. The number of carbonyl (C=O) groups excluding carboxylic acids is 2. The average Bonchev–Trinajstić information content (AvgIpc) is 2.47. The lowest BCUT2D eigenvalue weighted by molar-refractivity contribution is -0.126. The van der Waals surface area contributed by atoms with Crippen molar-refractivity contribution in [2.75, 3.05) is 13.2 Å². The minimum absolute atomic E-state index is 0.142. The highest BCUT2D eigenvalue weighted by Crippen LogP contribution is 2.43. The standard InChI is InChI=1S/C22H44N2O4/c1-19(2,3)15-21(6,7)18(27)20(4,5)12-13-28-22(8,9)11-10-17(26)24-14-16(23)25/h18,27H,10-15H2,1-9H3,(H2,23,25)(H,24,26). The molecule has 6 heteroatoms. The first-order valence-electron chi connectivity index (χ1n) is 10.3. The van der Waals surface area contributed by atoms with Gasteiger partial charge < -0.3 is 20.9 Å². The van der Waals surface area contributed by atoms with Gasteiger partial charge in [0.2, 0.25) is 11.8 Å². The molecule has 0 spiro atoms. The van der Waals surface area contributed by atoms with Crippen molar-refractivity contribution in [3.05, 3.63) is 0 Å². The Labute approximate surface area is 172 Å². The van der Waals surface area contributed by atoms with Gasteiger partial charge in [-0.2, -0.15) is 0 Å². The van der Waals surface area contributed by atoms with Crippen LogP contribution >= 0.6 is 0 Å². The molecule has 0 saturated heterocycles. The Hall–Kier alpha value is -1.14. The highest BCUT2D eigenvalue weighted by Gasteiger charge is 2.41. The minimum Gasteiger partial charge on any atom is -0.392 e. The normalized spacial score (nSPS) is 14.6. The summed E-state index contributed by atoms with van der Waals surface area (Å²) in [5.41, 5.74) is 4.21. The molecule has 0 rings (SSSR count). The van der Waals surface area contributed by atoms with Gasteiger partial charge in [-0.1, -0.05) is 48.5 Å². The van der Waals surface area contributed by atoms with Gasteiger partial charge in [0.1, 0.15) is 0 Å². The molecule has 0 saturated carbocycles. The van der Waals surface area contributed by atoms with E-state index < -0.39 is 17.6 Å². The summed E-state index contributed by atoms with van der Waals surface area (Å²) < 4.78 is 6.02. The minimum atomic E-state index is -0.556. The summed E-state index contributed by atoms with van der Waals surface area (Å²) in [6, 6.07) is 0. The van der Waals surface area contributed by atoms with Gasteiger partial charge >= 0.3 is 0 Å². The van der Waals surface area contributed by atoms with Crippen molar-refractivity contribution >= 4 is 11.8 Å². The Kier molecular flexibility index (Phi) is 9.65. The summed E-state index contributed by atoms with van der Waals surface area (Å²) in [6.45, 7) is 19.2. The lowest BCUT2D eigenvalue weighted by atomic mass is 9.65. The molecule has 0 aromatic rings. The SMILES string of the molecule is CC(C)(C)CC(C)(C)C(O)C(C)(C)CCOC(C)(C)CCC(=O)NCC(N)=O. The third kappa shape index (κ3) is 11.0. The number of aliphatic hydroxyl groups excluding tert-OH is 1. The van der Waals surface area contributed by atoms with Crippen LogP contribution in [0.25, 0.3) is 0 Å². The molecule has 0 aliphatic rings. The predicted molar refractivity (Wildman–Crippen MR) is 114 cm³/mol. The third-order valence-electron chi connectivity index (χ3n) is 5.12. The molecule has 1 atom stereocenters. The van der Waals surface area contributed by atoms with E-state index in [-0.39, 0.29) is 35.1 Å². The zero-order chi connectivity index (χ0) is 22.4. The second kappa shape index (κ2) is 10.1. The largest absolute Gasteiger partial charge is 0.392 e. The second-order valence-corrected chi connectivity index (χ2v) is 11.2. The Morgan fingerprint density at radius 1 is 0.964 bits per heavy atom. The van der Waals surface area contributed by atoms with Gasteiger partial charge in [-0.3, -0.25) is 9.59 Å². The Bertz CT molecular complexity index is 519. The molecule has 166 valence electrons. The molecule has 0 aliphatic heterocycles. The van der Waals surface area contributed by atoms with Gasteiger partial charge in [0.15, 0.2) is 0 Å². The van der Waals surface area contributed by atoms with Crippen molar-refractivity contribution in [1.29, 1.82) is 0 Å². The fraction of sp³-hybridized carbons (Fsp3) is 0.909. The van der Waals surface area contributed by atoms with Crippen LogP contribution in [-0.2, 0) is 14.3 Å². The van der Waals surface area contributed by atoms with E-state index in [1.807, 2.05) is 13.8 Å². The average molecular weight is 401 g/mol. The van der Waals surface area contributed by atoms with Crippen LogP contribution in [0.5, 0.6) is 0 Å². The molecule has 2 amide bonds. The number of carbonyl (C=O) groups is 2. The summed E-state index contributed by atoms with van der Waals surface area (Å²) in [6.07, 6.45) is 2.00. The lowest BCUT2D eigenvalue weighted by Gasteiger charge is -2.44. The van der Waals surface area contributed by atoms with Crippen molar-refractivity contribution in [2.24, 2.45) is 22.0 Å². The van der Waals surface area contributed by atoms with Crippen LogP contribution in [0.3, 0.4) is 0 Å². The number of hydrogen-bond donors (Lipinski definition) is 3. The number of primary amides is 1. The highest BCUT2D eigenvalue weighted by molar-refractivity contribution is 5.83. The summed E-state index contributed by atoms with van der Waals surface area (Å²) in [7, 11) is 0. The first kappa shape index (κ1) is 26.9. The second-order valence-electron chi connectivity index (χ2n) is 11.2. The van der Waals surface area contributed by atoms with E-state index in [0.717, 1.165) is 12.8 Å². The van der Waals surface area contributed by atoms with E-state index >= 15 is 0 Å². The fourth-order valence-corrected chi connectivity index (χ4v) is 4.01. The Balaban J connectivity index is 4.57. The number of rotatable bonds is 12. The Morgan fingerprint density at radius 3 is 1.96 bits per heavy atom. The van der Waals surface area contributed by atoms with Crippen molar-refractivity contribution in [3.63, 3.8) is 0 Å². The smallest absolute Gasteiger partial charge is 0.236 e. The van der Waals surface area contributed by atoms with E-state index in [0.29, 0.717) is 13.0 Å². The molecule has 0 fully saturated rings. The van der Waals surface area contributed by atoms with Crippen molar-refractivity contribution in [3.8, 4) is 0 Å².